The molecule has 3 aromatic carbocycles. The maximum atomic E-state index is 13.3. The number of carbonyl (C=O) groups excluding carboxylic acids is 2. The molecule has 3 aromatic rings. The van der Waals surface area contributed by atoms with Crippen molar-refractivity contribution in [1.82, 2.24) is 0 Å². The second kappa shape index (κ2) is 11.8. The van der Waals surface area contributed by atoms with Crippen molar-refractivity contribution in [2.75, 3.05) is 22.8 Å². The van der Waals surface area contributed by atoms with E-state index in [0.29, 0.717) is 28.0 Å². The number of unbranched alkanes of at least 4 members (excludes halogenated alkanes) is 1. The number of hydrogen-bond donors (Lipinski definition) is 1. The van der Waals surface area contributed by atoms with Crippen LogP contribution in [0.25, 0.3) is 0 Å². The van der Waals surface area contributed by atoms with Gasteiger partial charge in [-0.3, -0.25) is 9.10 Å². The van der Waals surface area contributed by atoms with Gasteiger partial charge in [0.2, 0.25) is 5.91 Å². The van der Waals surface area contributed by atoms with Crippen molar-refractivity contribution in [2.24, 2.45) is 0 Å². The lowest BCUT2D eigenvalue weighted by molar-refractivity contribution is -0.114. The van der Waals surface area contributed by atoms with Crippen LogP contribution in [0.3, 0.4) is 0 Å². The zero-order valence-corrected chi connectivity index (χ0v) is 21.0. The largest absolute Gasteiger partial charge is 0.462 e. The highest BCUT2D eigenvalue weighted by molar-refractivity contribution is 9.10. The van der Waals surface area contributed by atoms with E-state index in [1.807, 2.05) is 6.92 Å². The first-order chi connectivity index (χ1) is 16.3. The fourth-order valence-corrected chi connectivity index (χ4v) is 4.90. The third-order valence-electron chi connectivity index (χ3n) is 4.85. The third kappa shape index (κ3) is 6.68. The number of anilines is 2. The van der Waals surface area contributed by atoms with Gasteiger partial charge in [0.1, 0.15) is 6.54 Å². The molecule has 0 atom stereocenters. The van der Waals surface area contributed by atoms with Crippen LogP contribution >= 0.6 is 15.9 Å². The molecule has 7 nitrogen and oxygen atoms in total. The fraction of sp³-hybridized carbons (Fsp3) is 0.200. The van der Waals surface area contributed by atoms with Gasteiger partial charge in [-0.25, -0.2) is 13.2 Å². The standard InChI is InChI=1S/C25H25BrN2O5S/c1-2-3-16-33-25(30)19-12-14-21(15-13-19)27-24(29)18-28(22-9-7-8-20(26)17-22)34(31,32)23-10-5-4-6-11-23/h4-15,17H,2-3,16,18H2,1H3,(H,27,29). The molecule has 0 saturated heterocycles. The molecule has 1 N–H and O–H groups in total. The Balaban J connectivity index is 1.77. The zero-order chi connectivity index (χ0) is 24.6. The minimum atomic E-state index is -4.00. The second-order valence-corrected chi connectivity index (χ2v) is 10.2. The minimum absolute atomic E-state index is 0.0775. The van der Waals surface area contributed by atoms with Gasteiger partial charge in [-0.05, 0) is 61.0 Å². The molecule has 0 unspecified atom stereocenters. The lowest BCUT2D eigenvalue weighted by Crippen LogP contribution is -2.38. The highest BCUT2D eigenvalue weighted by Crippen LogP contribution is 2.26. The van der Waals surface area contributed by atoms with E-state index in [1.165, 1.54) is 12.1 Å². The molecule has 3 rings (SSSR count). The summed E-state index contributed by atoms with van der Waals surface area (Å²) in [6.45, 7) is 1.93. The number of ether oxygens (including phenoxy) is 1. The lowest BCUT2D eigenvalue weighted by Gasteiger charge is -2.24. The summed E-state index contributed by atoms with van der Waals surface area (Å²) in [6, 6.07) is 20.9. The molecule has 0 aliphatic heterocycles. The first-order valence-electron chi connectivity index (χ1n) is 10.7. The van der Waals surface area contributed by atoms with Gasteiger partial charge < -0.3 is 10.1 Å². The molecule has 0 heterocycles. The lowest BCUT2D eigenvalue weighted by atomic mass is 10.2. The Morgan fingerprint density at radius 1 is 0.971 bits per heavy atom. The summed E-state index contributed by atoms with van der Waals surface area (Å²) in [7, 11) is -4.00. The Hall–Kier alpha value is -3.17. The molecule has 0 saturated carbocycles. The van der Waals surface area contributed by atoms with Gasteiger partial charge in [0, 0.05) is 10.2 Å². The van der Waals surface area contributed by atoms with Crippen molar-refractivity contribution in [1.29, 1.82) is 0 Å². The van der Waals surface area contributed by atoms with Gasteiger partial charge >= 0.3 is 5.97 Å². The number of esters is 1. The van der Waals surface area contributed by atoms with Crippen molar-refractivity contribution in [3.8, 4) is 0 Å². The summed E-state index contributed by atoms with van der Waals surface area (Å²) < 4.78 is 33.6. The second-order valence-electron chi connectivity index (χ2n) is 7.42. The van der Waals surface area contributed by atoms with Gasteiger partial charge in [-0.1, -0.05) is 53.5 Å². The van der Waals surface area contributed by atoms with Crippen LogP contribution in [0.5, 0.6) is 0 Å². The number of nitrogens with one attached hydrogen (secondary N) is 1. The minimum Gasteiger partial charge on any atom is -0.462 e. The Morgan fingerprint density at radius 2 is 1.68 bits per heavy atom. The Kier molecular flexibility index (Phi) is 8.84. The molecule has 0 bridgehead atoms. The van der Waals surface area contributed by atoms with Crippen molar-refractivity contribution in [3.63, 3.8) is 0 Å². The molecular weight excluding hydrogens is 520 g/mol. The molecule has 0 aromatic heterocycles. The van der Waals surface area contributed by atoms with Gasteiger partial charge in [-0.15, -0.1) is 0 Å². The van der Waals surface area contributed by atoms with Crippen LogP contribution in [0, 0.1) is 0 Å². The number of nitrogens with zero attached hydrogens (tertiary/aromatic N) is 1. The van der Waals surface area contributed by atoms with E-state index < -0.39 is 28.4 Å². The fourth-order valence-electron chi connectivity index (χ4n) is 3.08. The highest BCUT2D eigenvalue weighted by Gasteiger charge is 2.27. The van der Waals surface area contributed by atoms with Crippen molar-refractivity contribution < 1.29 is 22.7 Å². The van der Waals surface area contributed by atoms with Crippen LogP contribution in [0.1, 0.15) is 30.1 Å². The highest BCUT2D eigenvalue weighted by atomic mass is 79.9. The summed E-state index contributed by atoms with van der Waals surface area (Å²) in [4.78, 5) is 25.0. The first kappa shape index (κ1) is 25.5. The van der Waals surface area contributed by atoms with Gasteiger partial charge in [0.05, 0.1) is 22.8 Å². The molecule has 0 fully saturated rings. The van der Waals surface area contributed by atoms with E-state index in [0.717, 1.165) is 17.1 Å². The number of halogens is 1. The van der Waals surface area contributed by atoms with E-state index in [-0.39, 0.29) is 4.90 Å². The Morgan fingerprint density at radius 3 is 2.32 bits per heavy atom. The van der Waals surface area contributed by atoms with E-state index >= 15 is 0 Å². The van der Waals surface area contributed by atoms with Crippen molar-refractivity contribution in [2.45, 2.75) is 24.7 Å². The van der Waals surface area contributed by atoms with Crippen LogP contribution < -0.4 is 9.62 Å². The van der Waals surface area contributed by atoms with Crippen molar-refractivity contribution >= 4 is 49.2 Å². The molecular formula is C25H25BrN2O5S. The zero-order valence-electron chi connectivity index (χ0n) is 18.6. The summed E-state index contributed by atoms with van der Waals surface area (Å²) in [6.07, 6.45) is 1.72. The number of amides is 1. The maximum absolute atomic E-state index is 13.3. The Bertz CT molecular complexity index is 1230. The maximum Gasteiger partial charge on any atom is 0.338 e. The topological polar surface area (TPSA) is 92.8 Å². The number of carbonyl (C=O) groups is 2. The quantitative estimate of drug-likeness (QED) is 0.278. The summed E-state index contributed by atoms with van der Waals surface area (Å²) in [5.41, 5.74) is 1.15. The predicted molar refractivity (Wildman–Crippen MR) is 135 cm³/mol. The monoisotopic (exact) mass is 544 g/mol. The number of benzene rings is 3. The van der Waals surface area contributed by atoms with Crippen LogP contribution in [-0.4, -0.2) is 33.4 Å². The van der Waals surface area contributed by atoms with Crippen molar-refractivity contribution in [3.05, 3.63) is 88.9 Å². The molecule has 0 spiro atoms. The SMILES string of the molecule is CCCCOC(=O)c1ccc(NC(=O)CN(c2cccc(Br)c2)S(=O)(=O)c2ccccc2)cc1. The number of hydrogen-bond acceptors (Lipinski definition) is 5. The van der Waals surface area contributed by atoms with E-state index in [9.17, 15) is 18.0 Å². The third-order valence-corrected chi connectivity index (χ3v) is 7.13. The Labute approximate surface area is 207 Å². The van der Waals surface area contributed by atoms with E-state index in [4.69, 9.17) is 4.74 Å². The summed E-state index contributed by atoms with van der Waals surface area (Å²) >= 11 is 3.35. The molecule has 0 aliphatic rings. The average molecular weight is 545 g/mol. The average Bonchev–Trinajstić information content (AvgIpc) is 2.83. The molecule has 1 amide bonds. The normalized spacial score (nSPS) is 11.0. The smallest absolute Gasteiger partial charge is 0.338 e. The van der Waals surface area contributed by atoms with Gasteiger partial charge in [-0.2, -0.15) is 0 Å². The molecule has 0 radical (unpaired) electrons. The van der Waals surface area contributed by atoms with Crippen LogP contribution in [0.4, 0.5) is 11.4 Å². The van der Waals surface area contributed by atoms with E-state index in [1.54, 1.807) is 66.7 Å². The van der Waals surface area contributed by atoms with Gasteiger partial charge in [0.25, 0.3) is 10.0 Å². The van der Waals surface area contributed by atoms with Gasteiger partial charge in [0.15, 0.2) is 0 Å². The molecule has 9 heteroatoms. The predicted octanol–water partition coefficient (Wildman–Crippen LogP) is 5.24. The molecule has 34 heavy (non-hydrogen) atoms. The summed E-state index contributed by atoms with van der Waals surface area (Å²) in [5.74, 6) is -0.959. The summed E-state index contributed by atoms with van der Waals surface area (Å²) in [5, 5.41) is 2.69. The van der Waals surface area contributed by atoms with Crippen LogP contribution in [0.2, 0.25) is 0 Å². The van der Waals surface area contributed by atoms with Crippen LogP contribution in [0.15, 0.2) is 88.2 Å². The number of rotatable bonds is 10. The van der Waals surface area contributed by atoms with Crippen LogP contribution in [-0.2, 0) is 19.6 Å². The van der Waals surface area contributed by atoms with E-state index in [2.05, 4.69) is 21.2 Å². The molecule has 0 aliphatic carbocycles. The molecule has 178 valence electrons. The number of sulfonamides is 1. The first-order valence-corrected chi connectivity index (χ1v) is 12.9.